The Labute approximate surface area is 170 Å². The molecule has 0 spiro atoms. The minimum absolute atomic E-state index is 0.0486. The minimum Gasteiger partial charge on any atom is -0.363 e. The van der Waals surface area contributed by atoms with Crippen LogP contribution in [-0.2, 0) is 4.79 Å². The fourth-order valence-corrected chi connectivity index (χ4v) is 3.33. The summed E-state index contributed by atoms with van der Waals surface area (Å²) in [7, 11) is 1.79. The van der Waals surface area contributed by atoms with Crippen molar-refractivity contribution in [3.63, 3.8) is 0 Å². The number of hydrogen-bond acceptors (Lipinski definition) is 9. The molecular weight excluding hydrogens is 386 g/mol. The van der Waals surface area contributed by atoms with Crippen molar-refractivity contribution >= 4 is 17.7 Å². The van der Waals surface area contributed by atoms with Crippen LogP contribution in [0.2, 0.25) is 0 Å². The molecule has 1 aliphatic heterocycles. The molecule has 30 heavy (non-hydrogen) atoms. The lowest BCUT2D eigenvalue weighted by molar-refractivity contribution is -0.128. The summed E-state index contributed by atoms with van der Waals surface area (Å²) >= 11 is 0. The third-order valence-electron chi connectivity index (χ3n) is 4.91. The summed E-state index contributed by atoms with van der Waals surface area (Å²) in [5, 5.41) is 10.9. The Morgan fingerprint density at radius 2 is 1.90 bits per heavy atom. The largest absolute Gasteiger partial charge is 0.363 e. The molecule has 5 rings (SSSR count). The average Bonchev–Trinajstić information content (AvgIpc) is 3.52. The topological polar surface area (TPSA) is 123 Å². The number of pyridine rings is 1. The fraction of sp³-hybridized carbons (Fsp3) is 0.200. The second-order valence-electron chi connectivity index (χ2n) is 6.90. The predicted molar refractivity (Wildman–Crippen MR) is 106 cm³/mol. The number of carbonyl (C=O) groups is 1. The van der Waals surface area contributed by atoms with Gasteiger partial charge in [-0.1, -0.05) is 16.4 Å². The van der Waals surface area contributed by atoms with E-state index in [4.69, 9.17) is 9.05 Å². The summed E-state index contributed by atoms with van der Waals surface area (Å²) < 4.78 is 10.3. The molecule has 0 saturated carbocycles. The molecule has 10 heteroatoms. The van der Waals surface area contributed by atoms with E-state index in [1.165, 1.54) is 6.26 Å². The second kappa shape index (κ2) is 7.39. The molecule has 4 aromatic rings. The van der Waals surface area contributed by atoms with Gasteiger partial charge in [-0.05, 0) is 24.6 Å². The van der Waals surface area contributed by atoms with Gasteiger partial charge >= 0.3 is 0 Å². The van der Waals surface area contributed by atoms with Crippen molar-refractivity contribution in [2.24, 2.45) is 0 Å². The number of likely N-dealkylation sites (tertiary alicyclic amines) is 1. The number of anilines is 2. The average molecular weight is 403 g/mol. The van der Waals surface area contributed by atoms with Crippen LogP contribution >= 0.6 is 0 Å². The zero-order valence-corrected chi connectivity index (χ0v) is 16.0. The molecule has 1 aliphatic rings. The van der Waals surface area contributed by atoms with Crippen LogP contribution in [0.5, 0.6) is 0 Å². The molecule has 0 bridgehead atoms. The number of carbonyl (C=O) groups excluding carboxylic acids is 1. The quantitative estimate of drug-likeness (QED) is 0.536. The van der Waals surface area contributed by atoms with Crippen LogP contribution in [0.4, 0.5) is 11.8 Å². The van der Waals surface area contributed by atoms with Gasteiger partial charge in [0.05, 0.1) is 17.1 Å². The second-order valence-corrected chi connectivity index (χ2v) is 6.90. The molecule has 1 fully saturated rings. The standard InChI is InChI=1S/C20H17N7O3/c1-27-9-6-12(19(27)28)17-11-16(25-30-17)14-4-2-3-13(22-14)15-5-8-21-20(23-15)24-18-7-10-29-26-18/h2-5,7-8,10-12H,6,9H2,1H3,(H,21,23,24,26)/t12-/m0/s1. The Balaban J connectivity index is 1.41. The van der Waals surface area contributed by atoms with Crippen LogP contribution in [0.1, 0.15) is 18.1 Å². The number of nitrogens with one attached hydrogen (secondary N) is 1. The van der Waals surface area contributed by atoms with E-state index in [0.29, 0.717) is 46.8 Å². The summed E-state index contributed by atoms with van der Waals surface area (Å²) in [6.45, 7) is 0.714. The van der Waals surface area contributed by atoms with Crippen molar-refractivity contribution < 1.29 is 13.8 Å². The molecule has 5 heterocycles. The first-order valence-corrected chi connectivity index (χ1v) is 9.37. The lowest BCUT2D eigenvalue weighted by Gasteiger charge is -2.06. The molecule has 0 radical (unpaired) electrons. The van der Waals surface area contributed by atoms with Crippen LogP contribution in [-0.4, -0.2) is 49.7 Å². The first-order chi connectivity index (χ1) is 14.7. The summed E-state index contributed by atoms with van der Waals surface area (Å²) in [5.74, 6) is 1.21. The lowest BCUT2D eigenvalue weighted by atomic mass is 10.0. The normalized spacial score (nSPS) is 16.2. The highest BCUT2D eigenvalue weighted by Gasteiger charge is 2.33. The molecule has 4 aromatic heterocycles. The molecule has 0 aromatic carbocycles. The van der Waals surface area contributed by atoms with Gasteiger partial charge in [-0.15, -0.1) is 0 Å². The number of rotatable bonds is 5. The van der Waals surface area contributed by atoms with Crippen LogP contribution in [0.25, 0.3) is 22.8 Å². The summed E-state index contributed by atoms with van der Waals surface area (Å²) in [4.78, 5) is 27.2. The monoisotopic (exact) mass is 403 g/mol. The molecule has 1 N–H and O–H groups in total. The van der Waals surface area contributed by atoms with Gasteiger partial charge in [0.1, 0.15) is 23.6 Å². The Morgan fingerprint density at radius 3 is 2.67 bits per heavy atom. The molecule has 1 atom stereocenters. The predicted octanol–water partition coefficient (Wildman–Crippen LogP) is 2.87. The van der Waals surface area contributed by atoms with Crippen LogP contribution in [0.15, 0.2) is 57.9 Å². The Kier molecular flexibility index (Phi) is 4.43. The molecule has 1 saturated heterocycles. The van der Waals surface area contributed by atoms with E-state index in [-0.39, 0.29) is 11.8 Å². The molecule has 10 nitrogen and oxygen atoms in total. The molecule has 0 unspecified atom stereocenters. The Hall–Kier alpha value is -4.08. The Morgan fingerprint density at radius 1 is 1.07 bits per heavy atom. The van der Waals surface area contributed by atoms with E-state index in [9.17, 15) is 4.79 Å². The van der Waals surface area contributed by atoms with Gasteiger partial charge in [0.15, 0.2) is 5.82 Å². The SMILES string of the molecule is CN1CC[C@@H](c2cc(-c3cccc(-c4ccnc(Nc5ccon5)n4)n3)no2)C1=O. The highest BCUT2D eigenvalue weighted by atomic mass is 16.5. The maximum absolute atomic E-state index is 12.2. The summed E-state index contributed by atoms with van der Waals surface area (Å²) in [5.41, 5.74) is 2.49. The number of amides is 1. The smallest absolute Gasteiger partial charge is 0.233 e. The van der Waals surface area contributed by atoms with Gasteiger partial charge in [0.2, 0.25) is 11.9 Å². The number of aromatic nitrogens is 5. The van der Waals surface area contributed by atoms with Crippen LogP contribution < -0.4 is 5.32 Å². The first kappa shape index (κ1) is 18.0. The van der Waals surface area contributed by atoms with Crippen molar-refractivity contribution in [1.82, 2.24) is 30.2 Å². The summed E-state index contributed by atoms with van der Waals surface area (Å²) in [6.07, 6.45) is 3.82. The van der Waals surface area contributed by atoms with E-state index < -0.39 is 0 Å². The third kappa shape index (κ3) is 3.39. The van der Waals surface area contributed by atoms with E-state index in [1.807, 2.05) is 18.2 Å². The van der Waals surface area contributed by atoms with Crippen molar-refractivity contribution in [1.29, 1.82) is 0 Å². The molecule has 0 aliphatic carbocycles. The zero-order chi connectivity index (χ0) is 20.5. The van der Waals surface area contributed by atoms with Gasteiger partial charge in [-0.2, -0.15) is 0 Å². The zero-order valence-electron chi connectivity index (χ0n) is 16.0. The van der Waals surface area contributed by atoms with Crippen molar-refractivity contribution in [2.45, 2.75) is 12.3 Å². The highest BCUT2D eigenvalue weighted by molar-refractivity contribution is 5.85. The Bertz CT molecular complexity index is 1190. The van der Waals surface area contributed by atoms with Crippen molar-refractivity contribution in [3.8, 4) is 22.8 Å². The summed E-state index contributed by atoms with van der Waals surface area (Å²) in [6, 6.07) is 10.8. The van der Waals surface area contributed by atoms with Gasteiger partial charge in [-0.3, -0.25) is 4.79 Å². The number of nitrogens with zero attached hydrogens (tertiary/aromatic N) is 6. The van der Waals surface area contributed by atoms with Gasteiger partial charge < -0.3 is 19.3 Å². The van der Waals surface area contributed by atoms with Crippen LogP contribution in [0, 0.1) is 0 Å². The fourth-order valence-electron chi connectivity index (χ4n) is 3.33. The van der Waals surface area contributed by atoms with Gasteiger partial charge in [0, 0.05) is 31.9 Å². The molecule has 150 valence electrons. The van der Waals surface area contributed by atoms with Crippen molar-refractivity contribution in [2.75, 3.05) is 18.9 Å². The maximum Gasteiger partial charge on any atom is 0.233 e. The maximum atomic E-state index is 12.2. The highest BCUT2D eigenvalue weighted by Crippen LogP contribution is 2.30. The first-order valence-electron chi connectivity index (χ1n) is 9.37. The third-order valence-corrected chi connectivity index (χ3v) is 4.91. The van der Waals surface area contributed by atoms with E-state index in [1.54, 1.807) is 36.3 Å². The van der Waals surface area contributed by atoms with Crippen LogP contribution in [0.3, 0.4) is 0 Å². The molecular formula is C20H17N7O3. The number of hydrogen-bond donors (Lipinski definition) is 1. The van der Waals surface area contributed by atoms with Gasteiger partial charge in [0.25, 0.3) is 0 Å². The van der Waals surface area contributed by atoms with Crippen molar-refractivity contribution in [3.05, 3.63) is 54.6 Å². The number of likely N-dealkylation sites (N-methyl/N-ethyl adjacent to an activating group) is 1. The van der Waals surface area contributed by atoms with E-state index >= 15 is 0 Å². The molecule has 1 amide bonds. The minimum atomic E-state index is -0.286. The van der Waals surface area contributed by atoms with E-state index in [0.717, 1.165) is 6.42 Å². The van der Waals surface area contributed by atoms with Gasteiger partial charge in [-0.25, -0.2) is 15.0 Å². The lowest BCUT2D eigenvalue weighted by Crippen LogP contribution is -2.21. The van der Waals surface area contributed by atoms with E-state index in [2.05, 4.69) is 30.6 Å².